The van der Waals surface area contributed by atoms with Gasteiger partial charge in [0.1, 0.15) is 6.04 Å². The lowest BCUT2D eigenvalue weighted by Crippen LogP contribution is -2.52. The first-order valence-electron chi connectivity index (χ1n) is 5.91. The molecule has 0 fully saturated rings. The second-order valence-corrected chi connectivity index (χ2v) is 4.16. The Morgan fingerprint density at radius 1 is 1.32 bits per heavy atom. The van der Waals surface area contributed by atoms with E-state index in [0.29, 0.717) is 6.61 Å². The summed E-state index contributed by atoms with van der Waals surface area (Å²) in [5, 5.41) is 11.1. The Labute approximate surface area is 111 Å². The topological polar surface area (TPSA) is 87.7 Å². The molecular weight excluding hydrogens is 248 g/mol. The number of hydrogen-bond acceptors (Lipinski definition) is 4. The van der Waals surface area contributed by atoms with Crippen molar-refractivity contribution in [1.29, 1.82) is 0 Å². The standard InChI is InChI=1S/C13H18N2O4/c1-9(12(13(17)15-18)14-10(2)16)19-8-11-6-4-3-5-7-11/h3-7,9,12,18H,8H2,1-2H3,(H,14,16)(H,15,17)/t9-,12+/m1/s1. The lowest BCUT2D eigenvalue weighted by molar-refractivity contribution is -0.138. The summed E-state index contributed by atoms with van der Waals surface area (Å²) in [6, 6.07) is 8.51. The van der Waals surface area contributed by atoms with Crippen LogP contribution in [0.25, 0.3) is 0 Å². The first kappa shape index (κ1) is 15.1. The van der Waals surface area contributed by atoms with Crippen LogP contribution in [0.4, 0.5) is 0 Å². The fourth-order valence-electron chi connectivity index (χ4n) is 1.58. The largest absolute Gasteiger partial charge is 0.371 e. The van der Waals surface area contributed by atoms with Crippen LogP contribution in [-0.2, 0) is 20.9 Å². The van der Waals surface area contributed by atoms with Crippen LogP contribution in [0.5, 0.6) is 0 Å². The lowest BCUT2D eigenvalue weighted by Gasteiger charge is -2.23. The zero-order valence-corrected chi connectivity index (χ0v) is 10.9. The third-order valence-corrected chi connectivity index (χ3v) is 2.58. The highest BCUT2D eigenvalue weighted by molar-refractivity contribution is 5.86. The summed E-state index contributed by atoms with van der Waals surface area (Å²) in [6.07, 6.45) is -0.573. The summed E-state index contributed by atoms with van der Waals surface area (Å²) in [5.74, 6) is -1.08. The summed E-state index contributed by atoms with van der Waals surface area (Å²) in [5.41, 5.74) is 2.47. The Balaban J connectivity index is 2.59. The number of hydrogen-bond donors (Lipinski definition) is 3. The first-order chi connectivity index (χ1) is 9.04. The molecule has 0 heterocycles. The van der Waals surface area contributed by atoms with Crippen molar-refractivity contribution in [3.63, 3.8) is 0 Å². The zero-order valence-electron chi connectivity index (χ0n) is 10.9. The maximum Gasteiger partial charge on any atom is 0.268 e. The molecule has 2 amide bonds. The molecule has 0 unspecified atom stereocenters. The summed E-state index contributed by atoms with van der Waals surface area (Å²) < 4.78 is 5.53. The van der Waals surface area contributed by atoms with E-state index in [2.05, 4.69) is 5.32 Å². The summed E-state index contributed by atoms with van der Waals surface area (Å²) >= 11 is 0. The Morgan fingerprint density at radius 3 is 2.47 bits per heavy atom. The maximum atomic E-state index is 11.4. The van der Waals surface area contributed by atoms with Crippen molar-refractivity contribution in [2.24, 2.45) is 0 Å². The van der Waals surface area contributed by atoms with E-state index >= 15 is 0 Å². The molecule has 6 heteroatoms. The van der Waals surface area contributed by atoms with Crippen LogP contribution in [0.15, 0.2) is 30.3 Å². The fraction of sp³-hybridized carbons (Fsp3) is 0.385. The highest BCUT2D eigenvalue weighted by Gasteiger charge is 2.26. The highest BCUT2D eigenvalue weighted by Crippen LogP contribution is 2.06. The average molecular weight is 266 g/mol. The van der Waals surface area contributed by atoms with E-state index in [4.69, 9.17) is 9.94 Å². The molecule has 0 aliphatic carbocycles. The minimum Gasteiger partial charge on any atom is -0.371 e. The highest BCUT2D eigenvalue weighted by atomic mass is 16.5. The SMILES string of the molecule is CC(=O)N[C@H](C(=O)NO)[C@@H](C)OCc1ccccc1. The molecule has 0 aliphatic rings. The smallest absolute Gasteiger partial charge is 0.268 e. The van der Waals surface area contributed by atoms with E-state index in [9.17, 15) is 9.59 Å². The van der Waals surface area contributed by atoms with Gasteiger partial charge in [0.25, 0.3) is 5.91 Å². The molecule has 2 atom stereocenters. The molecule has 0 saturated heterocycles. The van der Waals surface area contributed by atoms with Crippen molar-refractivity contribution >= 4 is 11.8 Å². The monoisotopic (exact) mass is 266 g/mol. The van der Waals surface area contributed by atoms with Crippen LogP contribution in [0.1, 0.15) is 19.4 Å². The Bertz CT molecular complexity index is 422. The van der Waals surface area contributed by atoms with Gasteiger partial charge in [-0.15, -0.1) is 0 Å². The van der Waals surface area contributed by atoms with E-state index in [1.54, 1.807) is 6.92 Å². The summed E-state index contributed by atoms with van der Waals surface area (Å²) in [6.45, 7) is 3.26. The molecule has 1 aromatic carbocycles. The van der Waals surface area contributed by atoms with Gasteiger partial charge in [-0.1, -0.05) is 30.3 Å². The molecule has 0 radical (unpaired) electrons. The number of benzene rings is 1. The van der Waals surface area contributed by atoms with Crippen LogP contribution < -0.4 is 10.8 Å². The molecule has 3 N–H and O–H groups in total. The van der Waals surface area contributed by atoms with Crippen LogP contribution in [0.2, 0.25) is 0 Å². The molecule has 1 aromatic rings. The van der Waals surface area contributed by atoms with Gasteiger partial charge in [-0.05, 0) is 12.5 Å². The van der Waals surface area contributed by atoms with Crippen LogP contribution in [-0.4, -0.2) is 29.2 Å². The minimum atomic E-state index is -0.939. The minimum absolute atomic E-state index is 0.316. The van der Waals surface area contributed by atoms with Crippen LogP contribution in [0, 0.1) is 0 Å². The van der Waals surface area contributed by atoms with Gasteiger partial charge in [-0.2, -0.15) is 0 Å². The number of nitrogens with one attached hydrogen (secondary N) is 2. The number of carbonyl (C=O) groups is 2. The summed E-state index contributed by atoms with van der Waals surface area (Å²) in [4.78, 5) is 22.5. The number of carbonyl (C=O) groups excluding carboxylic acids is 2. The van der Waals surface area contributed by atoms with Crippen molar-refractivity contribution in [2.45, 2.75) is 32.6 Å². The Kier molecular flexibility index (Phi) is 5.98. The van der Waals surface area contributed by atoms with Crippen LogP contribution >= 0.6 is 0 Å². The van der Waals surface area contributed by atoms with Gasteiger partial charge in [-0.3, -0.25) is 14.8 Å². The molecule has 0 aromatic heterocycles. The van der Waals surface area contributed by atoms with Crippen molar-refractivity contribution in [3.8, 4) is 0 Å². The Hall–Kier alpha value is -1.92. The molecule has 0 spiro atoms. The van der Waals surface area contributed by atoms with Gasteiger partial charge in [0.2, 0.25) is 5.91 Å². The van der Waals surface area contributed by atoms with Gasteiger partial charge in [0, 0.05) is 6.92 Å². The number of rotatable bonds is 6. The predicted molar refractivity (Wildman–Crippen MR) is 68.2 cm³/mol. The number of amides is 2. The van der Waals surface area contributed by atoms with Crippen molar-refractivity contribution in [2.75, 3.05) is 0 Å². The zero-order chi connectivity index (χ0) is 14.3. The fourth-order valence-corrected chi connectivity index (χ4v) is 1.58. The van der Waals surface area contributed by atoms with E-state index in [0.717, 1.165) is 5.56 Å². The van der Waals surface area contributed by atoms with E-state index in [1.807, 2.05) is 30.3 Å². The predicted octanol–water partition coefficient (Wildman–Crippen LogP) is 0.602. The third-order valence-electron chi connectivity index (χ3n) is 2.58. The van der Waals surface area contributed by atoms with Gasteiger partial charge in [0.15, 0.2) is 0 Å². The molecule has 0 aliphatic heterocycles. The maximum absolute atomic E-state index is 11.4. The van der Waals surface area contributed by atoms with Gasteiger partial charge < -0.3 is 10.1 Å². The van der Waals surface area contributed by atoms with Gasteiger partial charge >= 0.3 is 0 Å². The molecule has 6 nitrogen and oxygen atoms in total. The van der Waals surface area contributed by atoms with Gasteiger partial charge in [0.05, 0.1) is 12.7 Å². The van der Waals surface area contributed by atoms with Crippen molar-refractivity contribution < 1.29 is 19.5 Å². The van der Waals surface area contributed by atoms with Gasteiger partial charge in [-0.25, -0.2) is 5.48 Å². The number of ether oxygens (including phenoxy) is 1. The molecule has 0 bridgehead atoms. The normalized spacial score (nSPS) is 13.4. The van der Waals surface area contributed by atoms with Crippen molar-refractivity contribution in [3.05, 3.63) is 35.9 Å². The van der Waals surface area contributed by atoms with E-state index < -0.39 is 18.1 Å². The van der Waals surface area contributed by atoms with E-state index in [1.165, 1.54) is 12.4 Å². The molecule has 1 rings (SSSR count). The lowest BCUT2D eigenvalue weighted by atomic mass is 10.1. The molecular formula is C13H18N2O4. The molecule has 104 valence electrons. The summed E-state index contributed by atoms with van der Waals surface area (Å²) in [7, 11) is 0. The molecule has 0 saturated carbocycles. The third kappa shape index (κ3) is 5.07. The average Bonchev–Trinajstić information content (AvgIpc) is 2.42. The van der Waals surface area contributed by atoms with E-state index in [-0.39, 0.29) is 5.91 Å². The van der Waals surface area contributed by atoms with Crippen molar-refractivity contribution in [1.82, 2.24) is 10.8 Å². The Morgan fingerprint density at radius 2 is 1.95 bits per heavy atom. The molecule has 19 heavy (non-hydrogen) atoms. The quantitative estimate of drug-likeness (QED) is 0.520. The number of hydroxylamine groups is 1. The first-order valence-corrected chi connectivity index (χ1v) is 5.91. The second-order valence-electron chi connectivity index (χ2n) is 4.16. The van der Waals surface area contributed by atoms with Crippen LogP contribution in [0.3, 0.4) is 0 Å². The second kappa shape index (κ2) is 7.50.